The van der Waals surface area contributed by atoms with E-state index in [1.165, 1.54) is 0 Å². The van der Waals surface area contributed by atoms with Crippen LogP contribution in [-0.4, -0.2) is 6.54 Å². The van der Waals surface area contributed by atoms with Gasteiger partial charge in [0.25, 0.3) is 0 Å². The normalized spacial score (nSPS) is 15.2. The third-order valence-corrected chi connectivity index (χ3v) is 3.25. The molecule has 1 aromatic carbocycles. The Morgan fingerprint density at radius 3 is 2.50 bits per heavy atom. The highest BCUT2D eigenvalue weighted by molar-refractivity contribution is 6.33. The van der Waals surface area contributed by atoms with E-state index in [-0.39, 0.29) is 0 Å². The molecule has 0 aromatic heterocycles. The van der Waals surface area contributed by atoms with Crippen molar-refractivity contribution >= 4 is 23.2 Å². The zero-order valence-corrected chi connectivity index (χ0v) is 9.94. The summed E-state index contributed by atoms with van der Waals surface area (Å²) in [4.78, 5) is 0. The molecule has 0 aliphatic rings. The predicted octanol–water partition coefficient (Wildman–Crippen LogP) is 3.69. The Labute approximate surface area is 95.2 Å². The molecule has 0 radical (unpaired) electrons. The Kier molecular flexibility index (Phi) is 4.24. The van der Waals surface area contributed by atoms with Crippen LogP contribution in [0.25, 0.3) is 0 Å². The zero-order chi connectivity index (χ0) is 10.7. The number of nitrogens with two attached hydrogens (primary N) is 1. The van der Waals surface area contributed by atoms with Gasteiger partial charge in [0, 0.05) is 10.0 Å². The summed E-state index contributed by atoms with van der Waals surface area (Å²) in [7, 11) is 0. The highest BCUT2D eigenvalue weighted by atomic mass is 35.5. The van der Waals surface area contributed by atoms with Crippen molar-refractivity contribution in [1.82, 2.24) is 0 Å². The van der Waals surface area contributed by atoms with Gasteiger partial charge in [-0.15, -0.1) is 0 Å². The van der Waals surface area contributed by atoms with Gasteiger partial charge in [-0.25, -0.2) is 0 Å². The van der Waals surface area contributed by atoms with E-state index >= 15 is 0 Å². The quantitative estimate of drug-likeness (QED) is 0.844. The Morgan fingerprint density at radius 1 is 1.29 bits per heavy atom. The minimum absolute atomic E-state index is 0.339. The van der Waals surface area contributed by atoms with Gasteiger partial charge in [-0.2, -0.15) is 0 Å². The first kappa shape index (κ1) is 11.8. The summed E-state index contributed by atoms with van der Waals surface area (Å²) < 4.78 is 0. The molecule has 0 spiro atoms. The molecular formula is C11H15Cl2N. The predicted molar refractivity (Wildman–Crippen MR) is 63.1 cm³/mol. The van der Waals surface area contributed by atoms with Gasteiger partial charge in [0.15, 0.2) is 0 Å². The van der Waals surface area contributed by atoms with E-state index in [4.69, 9.17) is 28.9 Å². The van der Waals surface area contributed by atoms with E-state index in [2.05, 4.69) is 13.8 Å². The maximum Gasteiger partial charge on any atom is 0.0441 e. The van der Waals surface area contributed by atoms with Crippen LogP contribution in [-0.2, 0) is 0 Å². The van der Waals surface area contributed by atoms with Gasteiger partial charge in [-0.1, -0.05) is 37.0 Å². The van der Waals surface area contributed by atoms with Gasteiger partial charge in [0.2, 0.25) is 0 Å². The summed E-state index contributed by atoms with van der Waals surface area (Å²) in [5.74, 6) is 0.747. The van der Waals surface area contributed by atoms with Crippen LogP contribution in [0.5, 0.6) is 0 Å². The first-order valence-corrected chi connectivity index (χ1v) is 5.47. The summed E-state index contributed by atoms with van der Waals surface area (Å²) in [6, 6.07) is 5.55. The summed E-state index contributed by atoms with van der Waals surface area (Å²) in [5, 5.41) is 1.49. The topological polar surface area (TPSA) is 26.0 Å². The van der Waals surface area contributed by atoms with E-state index in [1.54, 1.807) is 6.07 Å². The maximum atomic E-state index is 6.09. The molecule has 0 heterocycles. The van der Waals surface area contributed by atoms with Crippen LogP contribution >= 0.6 is 23.2 Å². The van der Waals surface area contributed by atoms with E-state index in [0.29, 0.717) is 18.4 Å². The zero-order valence-electron chi connectivity index (χ0n) is 8.43. The van der Waals surface area contributed by atoms with Crippen molar-refractivity contribution in [1.29, 1.82) is 0 Å². The third-order valence-electron chi connectivity index (χ3n) is 2.67. The molecule has 1 rings (SSSR count). The molecule has 78 valence electrons. The van der Waals surface area contributed by atoms with Crippen molar-refractivity contribution in [2.24, 2.45) is 11.7 Å². The standard InChI is InChI=1S/C11H15Cl2N/c1-7(6-14)8(2)10-5-9(12)3-4-11(10)13/h3-5,7-8H,6,14H2,1-2H3. The molecule has 0 fully saturated rings. The van der Waals surface area contributed by atoms with Crippen LogP contribution in [0.3, 0.4) is 0 Å². The third kappa shape index (κ3) is 2.63. The van der Waals surface area contributed by atoms with E-state index in [9.17, 15) is 0 Å². The second kappa shape index (κ2) is 5.01. The lowest BCUT2D eigenvalue weighted by molar-refractivity contribution is 0.499. The minimum Gasteiger partial charge on any atom is -0.330 e. The Bertz CT molecular complexity index is 312. The van der Waals surface area contributed by atoms with Crippen LogP contribution in [0.2, 0.25) is 10.0 Å². The fourth-order valence-electron chi connectivity index (χ4n) is 1.37. The lowest BCUT2D eigenvalue weighted by Gasteiger charge is -2.19. The second-order valence-electron chi connectivity index (χ2n) is 3.67. The molecule has 0 bridgehead atoms. The molecule has 1 nitrogen and oxygen atoms in total. The molecule has 0 aliphatic heterocycles. The smallest absolute Gasteiger partial charge is 0.0441 e. The number of hydrogen-bond donors (Lipinski definition) is 1. The minimum atomic E-state index is 0.339. The average molecular weight is 232 g/mol. The van der Waals surface area contributed by atoms with Crippen LogP contribution in [0.4, 0.5) is 0 Å². The van der Waals surface area contributed by atoms with Gasteiger partial charge in [-0.05, 0) is 42.1 Å². The molecule has 2 N–H and O–H groups in total. The largest absolute Gasteiger partial charge is 0.330 e. The number of halogens is 2. The van der Waals surface area contributed by atoms with Crippen molar-refractivity contribution in [3.05, 3.63) is 33.8 Å². The molecule has 0 amide bonds. The van der Waals surface area contributed by atoms with Crippen molar-refractivity contribution in [2.75, 3.05) is 6.54 Å². The van der Waals surface area contributed by atoms with Gasteiger partial charge in [0.1, 0.15) is 0 Å². The van der Waals surface area contributed by atoms with Gasteiger partial charge >= 0.3 is 0 Å². The molecule has 14 heavy (non-hydrogen) atoms. The van der Waals surface area contributed by atoms with Gasteiger partial charge in [-0.3, -0.25) is 0 Å². The first-order chi connectivity index (χ1) is 6.56. The molecule has 0 saturated heterocycles. The van der Waals surface area contributed by atoms with Crippen molar-refractivity contribution < 1.29 is 0 Å². The number of rotatable bonds is 3. The second-order valence-corrected chi connectivity index (χ2v) is 4.51. The summed E-state index contributed by atoms with van der Waals surface area (Å²) >= 11 is 12.0. The van der Waals surface area contributed by atoms with E-state index in [1.807, 2.05) is 12.1 Å². The Morgan fingerprint density at radius 2 is 1.93 bits per heavy atom. The van der Waals surface area contributed by atoms with Crippen LogP contribution in [0, 0.1) is 5.92 Å². The van der Waals surface area contributed by atoms with Crippen molar-refractivity contribution in [3.8, 4) is 0 Å². The summed E-state index contributed by atoms with van der Waals surface area (Å²) in [5.41, 5.74) is 6.70. The fraction of sp³-hybridized carbons (Fsp3) is 0.455. The fourth-order valence-corrected chi connectivity index (χ4v) is 1.84. The Balaban J connectivity index is 2.99. The SMILES string of the molecule is CC(CN)C(C)c1cc(Cl)ccc1Cl. The number of benzene rings is 1. The average Bonchev–Trinajstić information content (AvgIpc) is 2.19. The molecular weight excluding hydrogens is 217 g/mol. The monoisotopic (exact) mass is 231 g/mol. The summed E-state index contributed by atoms with van der Waals surface area (Å²) in [6.07, 6.45) is 0. The first-order valence-electron chi connectivity index (χ1n) is 4.71. The molecule has 3 heteroatoms. The van der Waals surface area contributed by atoms with Crippen molar-refractivity contribution in [3.63, 3.8) is 0 Å². The van der Waals surface area contributed by atoms with Gasteiger partial charge < -0.3 is 5.73 Å². The highest BCUT2D eigenvalue weighted by Gasteiger charge is 2.15. The van der Waals surface area contributed by atoms with E-state index < -0.39 is 0 Å². The van der Waals surface area contributed by atoms with Crippen LogP contribution in [0.15, 0.2) is 18.2 Å². The maximum absolute atomic E-state index is 6.09. The Hall–Kier alpha value is -0.240. The van der Waals surface area contributed by atoms with Crippen LogP contribution < -0.4 is 5.73 Å². The number of hydrogen-bond acceptors (Lipinski definition) is 1. The van der Waals surface area contributed by atoms with Crippen LogP contribution in [0.1, 0.15) is 25.3 Å². The van der Waals surface area contributed by atoms with E-state index in [0.717, 1.165) is 15.6 Å². The van der Waals surface area contributed by atoms with Gasteiger partial charge in [0.05, 0.1) is 0 Å². The molecule has 0 aliphatic carbocycles. The van der Waals surface area contributed by atoms with Crippen molar-refractivity contribution in [2.45, 2.75) is 19.8 Å². The molecule has 2 atom stereocenters. The summed E-state index contributed by atoms with van der Waals surface area (Å²) in [6.45, 7) is 4.89. The highest BCUT2D eigenvalue weighted by Crippen LogP contribution is 2.31. The lowest BCUT2D eigenvalue weighted by Crippen LogP contribution is -2.17. The molecule has 2 unspecified atom stereocenters. The lowest BCUT2D eigenvalue weighted by atomic mass is 9.89. The molecule has 1 aromatic rings. The molecule has 0 saturated carbocycles.